The minimum Gasteiger partial charge on any atom is -0.490 e. The first-order chi connectivity index (χ1) is 13.3. The lowest BCUT2D eigenvalue weighted by atomic mass is 10.0. The van der Waals surface area contributed by atoms with Crippen LogP contribution in [-0.2, 0) is 9.59 Å². The molecular weight excluding hydrogens is 372 g/mol. The van der Waals surface area contributed by atoms with Crippen molar-refractivity contribution in [3.8, 4) is 5.75 Å². The van der Waals surface area contributed by atoms with Crippen LogP contribution in [-0.4, -0.2) is 23.0 Å². The Kier molecular flexibility index (Phi) is 5.61. The molecule has 1 N–H and O–H groups in total. The number of nitrogens with zero attached hydrogens (tertiary/aromatic N) is 1. The number of aryl methyl sites for hydroxylation is 2. The first kappa shape index (κ1) is 19.8. The van der Waals surface area contributed by atoms with Gasteiger partial charge in [-0.15, -0.1) is 0 Å². The van der Waals surface area contributed by atoms with Crippen molar-refractivity contribution in [2.45, 2.75) is 33.8 Å². The van der Waals surface area contributed by atoms with Gasteiger partial charge < -0.3 is 4.74 Å². The Morgan fingerprint density at radius 3 is 2.50 bits per heavy atom. The lowest BCUT2D eigenvalue weighted by molar-refractivity contribution is -0.122. The average molecular weight is 394 g/mol. The molecule has 0 saturated carbocycles. The summed E-state index contributed by atoms with van der Waals surface area (Å²) < 4.78 is 5.80. The third-order valence-corrected chi connectivity index (χ3v) is 4.56. The highest BCUT2D eigenvalue weighted by Gasteiger charge is 2.35. The largest absolute Gasteiger partial charge is 0.490 e. The molecule has 1 saturated heterocycles. The molecule has 0 bridgehead atoms. The quantitative estimate of drug-likeness (QED) is 0.485. The van der Waals surface area contributed by atoms with Gasteiger partial charge in [0.1, 0.15) is 11.3 Å². The number of ether oxygens (including phenoxy) is 1. The number of thiocarbonyl (C=S) groups is 1. The Morgan fingerprint density at radius 2 is 1.82 bits per heavy atom. The van der Waals surface area contributed by atoms with Crippen molar-refractivity contribution in [3.05, 3.63) is 64.7 Å². The van der Waals surface area contributed by atoms with E-state index < -0.39 is 11.8 Å². The monoisotopic (exact) mass is 394 g/mol. The summed E-state index contributed by atoms with van der Waals surface area (Å²) in [5, 5.41) is 2.69. The number of rotatable bonds is 4. The van der Waals surface area contributed by atoms with E-state index in [1.807, 2.05) is 64.1 Å². The van der Waals surface area contributed by atoms with E-state index >= 15 is 0 Å². The molecule has 1 aliphatic heterocycles. The van der Waals surface area contributed by atoms with Crippen molar-refractivity contribution in [3.63, 3.8) is 0 Å². The standard InChI is InChI=1S/C22H22N2O3S/c1-13(2)27-19-8-6-5-7-16(19)12-17-20(25)23-22(28)24(21(17)26)18-10-9-14(3)11-15(18)4/h5-13H,1-4H3,(H,23,25,28)/b17-12+. The number of para-hydroxylation sites is 1. The third-order valence-electron chi connectivity index (χ3n) is 4.28. The molecule has 144 valence electrons. The van der Waals surface area contributed by atoms with Crippen molar-refractivity contribution in [2.24, 2.45) is 0 Å². The molecule has 2 aromatic rings. The van der Waals surface area contributed by atoms with E-state index in [-0.39, 0.29) is 16.8 Å². The van der Waals surface area contributed by atoms with E-state index in [2.05, 4.69) is 5.32 Å². The zero-order valence-corrected chi connectivity index (χ0v) is 17.1. The fourth-order valence-electron chi connectivity index (χ4n) is 3.05. The normalized spacial score (nSPS) is 16.0. The fourth-order valence-corrected chi connectivity index (χ4v) is 3.32. The number of amides is 2. The van der Waals surface area contributed by atoms with Crippen LogP contribution in [0.1, 0.15) is 30.5 Å². The van der Waals surface area contributed by atoms with Gasteiger partial charge in [-0.25, -0.2) is 0 Å². The molecule has 0 atom stereocenters. The zero-order valence-electron chi connectivity index (χ0n) is 16.3. The minimum absolute atomic E-state index is 0.00776. The summed E-state index contributed by atoms with van der Waals surface area (Å²) in [4.78, 5) is 27.1. The molecule has 2 amide bonds. The Balaban J connectivity index is 2.05. The molecular formula is C22H22N2O3S. The number of anilines is 1. The summed E-state index contributed by atoms with van der Waals surface area (Å²) in [5.41, 5.74) is 3.29. The second kappa shape index (κ2) is 7.94. The van der Waals surface area contributed by atoms with Gasteiger partial charge in [0, 0.05) is 5.56 Å². The van der Waals surface area contributed by atoms with Crippen LogP contribution in [0.4, 0.5) is 5.69 Å². The highest BCUT2D eigenvalue weighted by atomic mass is 32.1. The molecule has 0 aliphatic carbocycles. The molecule has 28 heavy (non-hydrogen) atoms. The molecule has 1 fully saturated rings. The highest BCUT2D eigenvalue weighted by molar-refractivity contribution is 7.80. The second-order valence-corrected chi connectivity index (χ2v) is 7.34. The van der Waals surface area contributed by atoms with Crippen LogP contribution in [0.15, 0.2) is 48.0 Å². The first-order valence-corrected chi connectivity index (χ1v) is 9.43. The van der Waals surface area contributed by atoms with E-state index in [0.29, 0.717) is 17.0 Å². The molecule has 5 nitrogen and oxygen atoms in total. The SMILES string of the molecule is Cc1ccc(N2C(=O)/C(=C/c3ccccc3OC(C)C)C(=O)NC2=S)c(C)c1. The van der Waals surface area contributed by atoms with E-state index in [0.717, 1.165) is 11.1 Å². The molecule has 0 spiro atoms. The highest BCUT2D eigenvalue weighted by Crippen LogP contribution is 2.28. The molecule has 6 heteroatoms. The van der Waals surface area contributed by atoms with Crippen LogP contribution < -0.4 is 15.0 Å². The van der Waals surface area contributed by atoms with Crippen LogP contribution in [0.3, 0.4) is 0 Å². The lowest BCUT2D eigenvalue weighted by Gasteiger charge is -2.30. The maximum Gasteiger partial charge on any atom is 0.270 e. The Hall–Kier alpha value is -2.99. The number of benzene rings is 2. The van der Waals surface area contributed by atoms with E-state index in [4.69, 9.17) is 17.0 Å². The molecule has 3 rings (SSSR count). The predicted molar refractivity (Wildman–Crippen MR) is 114 cm³/mol. The fraction of sp³-hybridized carbons (Fsp3) is 0.227. The molecule has 1 aliphatic rings. The van der Waals surface area contributed by atoms with Gasteiger partial charge in [0.05, 0.1) is 11.8 Å². The first-order valence-electron chi connectivity index (χ1n) is 9.02. The van der Waals surface area contributed by atoms with Gasteiger partial charge in [-0.3, -0.25) is 19.8 Å². The van der Waals surface area contributed by atoms with Crippen LogP contribution in [0.2, 0.25) is 0 Å². The van der Waals surface area contributed by atoms with Gasteiger partial charge in [0.2, 0.25) is 0 Å². The van der Waals surface area contributed by atoms with Crippen LogP contribution >= 0.6 is 12.2 Å². The second-order valence-electron chi connectivity index (χ2n) is 6.95. The lowest BCUT2D eigenvalue weighted by Crippen LogP contribution is -2.54. The van der Waals surface area contributed by atoms with Crippen LogP contribution in [0, 0.1) is 13.8 Å². The summed E-state index contributed by atoms with van der Waals surface area (Å²) in [6.45, 7) is 7.72. The van der Waals surface area contributed by atoms with E-state index in [1.165, 1.54) is 4.90 Å². The van der Waals surface area contributed by atoms with E-state index in [9.17, 15) is 9.59 Å². The molecule has 0 radical (unpaired) electrons. The summed E-state index contributed by atoms with van der Waals surface area (Å²) in [6, 6.07) is 13.0. The Morgan fingerprint density at radius 1 is 1.11 bits per heavy atom. The van der Waals surface area contributed by atoms with Gasteiger partial charge in [-0.1, -0.05) is 35.9 Å². The van der Waals surface area contributed by atoms with Crippen molar-refractivity contribution in [1.82, 2.24) is 5.32 Å². The number of nitrogens with one attached hydrogen (secondary N) is 1. The minimum atomic E-state index is -0.518. The number of hydrogen-bond donors (Lipinski definition) is 1. The van der Waals surface area contributed by atoms with Crippen LogP contribution in [0.25, 0.3) is 6.08 Å². The van der Waals surface area contributed by atoms with Crippen molar-refractivity contribution < 1.29 is 14.3 Å². The van der Waals surface area contributed by atoms with Crippen LogP contribution in [0.5, 0.6) is 5.75 Å². The predicted octanol–water partition coefficient (Wildman–Crippen LogP) is 3.92. The third kappa shape index (κ3) is 3.97. The summed E-state index contributed by atoms with van der Waals surface area (Å²) in [7, 11) is 0. The maximum absolute atomic E-state index is 13.2. The summed E-state index contributed by atoms with van der Waals surface area (Å²) >= 11 is 5.28. The number of carbonyl (C=O) groups is 2. The van der Waals surface area contributed by atoms with Crippen molar-refractivity contribution in [1.29, 1.82) is 0 Å². The summed E-state index contributed by atoms with van der Waals surface area (Å²) in [6.07, 6.45) is 1.52. The average Bonchev–Trinajstić information content (AvgIpc) is 2.61. The van der Waals surface area contributed by atoms with Gasteiger partial charge in [0.15, 0.2) is 5.11 Å². The molecule has 2 aromatic carbocycles. The molecule has 0 unspecified atom stereocenters. The molecule has 0 aromatic heterocycles. The Labute approximate surface area is 170 Å². The molecule has 1 heterocycles. The summed E-state index contributed by atoms with van der Waals surface area (Å²) in [5.74, 6) is -0.368. The topological polar surface area (TPSA) is 58.6 Å². The van der Waals surface area contributed by atoms with Gasteiger partial charge >= 0.3 is 0 Å². The smallest absolute Gasteiger partial charge is 0.270 e. The van der Waals surface area contributed by atoms with Gasteiger partial charge in [-0.2, -0.15) is 0 Å². The number of carbonyl (C=O) groups excluding carboxylic acids is 2. The van der Waals surface area contributed by atoms with Crippen molar-refractivity contribution in [2.75, 3.05) is 4.90 Å². The van der Waals surface area contributed by atoms with Crippen molar-refractivity contribution >= 4 is 40.9 Å². The van der Waals surface area contributed by atoms with E-state index in [1.54, 1.807) is 12.1 Å². The Bertz CT molecular complexity index is 995. The maximum atomic E-state index is 13.2. The number of hydrogen-bond acceptors (Lipinski definition) is 4. The van der Waals surface area contributed by atoms with Gasteiger partial charge in [0.25, 0.3) is 11.8 Å². The van der Waals surface area contributed by atoms with Gasteiger partial charge in [-0.05, 0) is 63.7 Å². The zero-order chi connectivity index (χ0) is 20.4.